The molecule has 16 heavy (non-hydrogen) atoms. The van der Waals surface area contributed by atoms with Crippen LogP contribution in [-0.4, -0.2) is 36.7 Å². The molecule has 0 fully saturated rings. The predicted molar refractivity (Wildman–Crippen MR) is 62.3 cm³/mol. The lowest BCUT2D eigenvalue weighted by Gasteiger charge is -2.14. The van der Waals surface area contributed by atoms with Gasteiger partial charge in [0.25, 0.3) is 0 Å². The number of hydrogen-bond acceptors (Lipinski definition) is 4. The van der Waals surface area contributed by atoms with Gasteiger partial charge in [-0.15, -0.1) is 0 Å². The van der Waals surface area contributed by atoms with Gasteiger partial charge >= 0.3 is 0 Å². The minimum absolute atomic E-state index is 0.149. The fraction of sp³-hybridized carbons (Fsp3) is 0.667. The van der Waals surface area contributed by atoms with Crippen LogP contribution in [-0.2, 0) is 16.4 Å². The van der Waals surface area contributed by atoms with Crippen molar-refractivity contribution in [3.8, 4) is 0 Å². The van der Waals surface area contributed by atoms with Gasteiger partial charge in [-0.3, -0.25) is 0 Å². The van der Waals surface area contributed by atoms with Gasteiger partial charge in [-0.2, -0.15) is 0 Å². The number of hydrogen-bond donors (Lipinski definition) is 3. The summed E-state index contributed by atoms with van der Waals surface area (Å²) in [5.74, 6) is 0. The molecule has 4 N–H and O–H groups in total. The molecule has 1 rings (SSSR count). The van der Waals surface area contributed by atoms with Crippen molar-refractivity contribution in [1.29, 1.82) is 0 Å². The molecule has 1 unspecified atom stereocenters. The molecule has 0 aromatic carbocycles. The predicted octanol–water partition coefficient (Wildman–Crippen LogP) is -0.391. The van der Waals surface area contributed by atoms with Crippen molar-refractivity contribution in [2.24, 2.45) is 5.73 Å². The summed E-state index contributed by atoms with van der Waals surface area (Å²) in [6.45, 7) is 2.32. The minimum Gasteiger partial charge on any atom is -0.348 e. The third-order valence-electron chi connectivity index (χ3n) is 2.41. The van der Waals surface area contributed by atoms with Crippen molar-refractivity contribution in [2.45, 2.75) is 25.0 Å². The van der Waals surface area contributed by atoms with Crippen LogP contribution in [0.15, 0.2) is 12.5 Å². The topological polar surface area (TPSA) is 101 Å². The summed E-state index contributed by atoms with van der Waals surface area (Å²) in [7, 11) is -3.29. The molecule has 0 amide bonds. The van der Waals surface area contributed by atoms with Crippen LogP contribution in [0.2, 0.25) is 0 Å². The molecule has 0 aliphatic heterocycles. The van der Waals surface area contributed by atoms with Gasteiger partial charge in [0.05, 0.1) is 11.6 Å². The average molecular weight is 246 g/mol. The molecule has 0 aliphatic rings. The second-order valence-corrected chi connectivity index (χ2v) is 5.58. The van der Waals surface area contributed by atoms with Crippen molar-refractivity contribution in [1.82, 2.24) is 14.7 Å². The fourth-order valence-corrected chi connectivity index (χ4v) is 2.69. The highest BCUT2D eigenvalue weighted by atomic mass is 32.2. The summed E-state index contributed by atoms with van der Waals surface area (Å²) in [6, 6.07) is 0. The van der Waals surface area contributed by atoms with Gasteiger partial charge in [-0.25, -0.2) is 18.1 Å². The number of imidazole rings is 1. The normalized spacial score (nSPS) is 13.9. The summed E-state index contributed by atoms with van der Waals surface area (Å²) in [5, 5.41) is -0.505. The van der Waals surface area contributed by atoms with E-state index < -0.39 is 15.3 Å². The van der Waals surface area contributed by atoms with Crippen LogP contribution in [0.1, 0.15) is 19.0 Å². The Balaban J connectivity index is 2.42. The van der Waals surface area contributed by atoms with Gasteiger partial charge < -0.3 is 10.7 Å². The smallest absolute Gasteiger partial charge is 0.215 e. The molecule has 1 atom stereocenters. The summed E-state index contributed by atoms with van der Waals surface area (Å²) in [6.07, 6.45) is 4.36. The van der Waals surface area contributed by atoms with Gasteiger partial charge in [0.1, 0.15) is 0 Å². The number of H-pyrrole nitrogens is 1. The zero-order valence-corrected chi connectivity index (χ0v) is 10.1. The Kier molecular flexibility index (Phi) is 4.91. The molecule has 0 saturated heterocycles. The molecule has 0 aliphatic carbocycles. The van der Waals surface area contributed by atoms with Crippen molar-refractivity contribution in [3.63, 3.8) is 0 Å². The van der Waals surface area contributed by atoms with Crippen LogP contribution in [0.4, 0.5) is 0 Å². The Morgan fingerprint density at radius 3 is 2.88 bits per heavy atom. The highest BCUT2D eigenvalue weighted by Gasteiger charge is 2.21. The summed E-state index contributed by atoms with van der Waals surface area (Å²) < 4.78 is 26.0. The summed E-state index contributed by atoms with van der Waals surface area (Å²) in [5.41, 5.74) is 6.31. The zero-order chi connectivity index (χ0) is 12.0. The van der Waals surface area contributed by atoms with E-state index in [1.807, 2.05) is 6.92 Å². The Labute approximate surface area is 95.7 Å². The molecule has 1 heterocycles. The van der Waals surface area contributed by atoms with Gasteiger partial charge in [-0.05, 0) is 6.42 Å². The molecule has 92 valence electrons. The lowest BCUT2D eigenvalue weighted by Crippen LogP contribution is -2.39. The molecule has 1 aromatic heterocycles. The molecule has 0 bridgehead atoms. The van der Waals surface area contributed by atoms with Crippen LogP contribution in [0, 0.1) is 0 Å². The van der Waals surface area contributed by atoms with Crippen LogP contribution < -0.4 is 10.5 Å². The quantitative estimate of drug-likeness (QED) is 0.610. The molecule has 7 heteroatoms. The van der Waals surface area contributed by atoms with E-state index in [9.17, 15) is 8.42 Å². The maximum atomic E-state index is 11.7. The number of sulfonamides is 1. The van der Waals surface area contributed by atoms with Gasteiger partial charge in [0.15, 0.2) is 0 Å². The van der Waals surface area contributed by atoms with Gasteiger partial charge in [0, 0.05) is 31.4 Å². The number of rotatable bonds is 7. The number of nitrogens with one attached hydrogen (secondary N) is 2. The van der Waals surface area contributed by atoms with Gasteiger partial charge in [-0.1, -0.05) is 6.92 Å². The molecular weight excluding hydrogens is 228 g/mol. The first-order valence-electron chi connectivity index (χ1n) is 5.26. The highest BCUT2D eigenvalue weighted by molar-refractivity contribution is 7.90. The lowest BCUT2D eigenvalue weighted by atomic mass is 10.3. The first-order chi connectivity index (χ1) is 7.60. The van der Waals surface area contributed by atoms with E-state index in [1.54, 1.807) is 12.5 Å². The molecule has 1 aromatic rings. The third-order valence-corrected chi connectivity index (χ3v) is 4.42. The fourth-order valence-electron chi connectivity index (χ4n) is 1.38. The molecule has 0 spiro atoms. The lowest BCUT2D eigenvalue weighted by molar-refractivity contribution is 0.561. The second kappa shape index (κ2) is 5.97. The molecule has 6 nitrogen and oxygen atoms in total. The largest absolute Gasteiger partial charge is 0.348 e. The Morgan fingerprint density at radius 2 is 2.38 bits per heavy atom. The second-order valence-electron chi connectivity index (χ2n) is 3.53. The van der Waals surface area contributed by atoms with Crippen LogP contribution in [0.25, 0.3) is 0 Å². The maximum absolute atomic E-state index is 11.7. The summed E-state index contributed by atoms with van der Waals surface area (Å²) in [4.78, 5) is 6.76. The number of aromatic amines is 1. The number of aromatic nitrogens is 2. The van der Waals surface area contributed by atoms with Crippen molar-refractivity contribution < 1.29 is 8.42 Å². The SMILES string of the molecule is CCC(CN)S(=O)(=O)NCCc1cnc[nH]1. The Morgan fingerprint density at radius 1 is 1.62 bits per heavy atom. The van der Waals surface area contributed by atoms with E-state index in [0.29, 0.717) is 19.4 Å². The van der Waals surface area contributed by atoms with E-state index in [0.717, 1.165) is 5.69 Å². The van der Waals surface area contributed by atoms with E-state index >= 15 is 0 Å². The maximum Gasteiger partial charge on any atom is 0.215 e. The van der Waals surface area contributed by atoms with E-state index in [4.69, 9.17) is 5.73 Å². The van der Waals surface area contributed by atoms with Crippen LogP contribution in [0.3, 0.4) is 0 Å². The first kappa shape index (κ1) is 13.1. The Bertz CT molecular complexity index is 384. The van der Waals surface area contributed by atoms with Crippen molar-refractivity contribution >= 4 is 10.0 Å². The van der Waals surface area contributed by atoms with E-state index in [-0.39, 0.29) is 6.54 Å². The first-order valence-corrected chi connectivity index (χ1v) is 6.80. The standard InChI is InChI=1S/C9H18N4O2S/c1-2-9(5-10)16(14,15)13-4-3-8-6-11-7-12-8/h6-7,9,13H,2-5,10H2,1H3,(H,11,12). The van der Waals surface area contributed by atoms with Gasteiger partial charge in [0.2, 0.25) is 10.0 Å². The van der Waals surface area contributed by atoms with E-state index in [1.165, 1.54) is 0 Å². The highest BCUT2D eigenvalue weighted by Crippen LogP contribution is 2.02. The third kappa shape index (κ3) is 3.58. The zero-order valence-electron chi connectivity index (χ0n) is 9.31. The summed E-state index contributed by atoms with van der Waals surface area (Å²) >= 11 is 0. The molecule has 0 saturated carbocycles. The molecule has 0 radical (unpaired) electrons. The number of nitrogens with zero attached hydrogens (tertiary/aromatic N) is 1. The number of nitrogens with two attached hydrogens (primary N) is 1. The van der Waals surface area contributed by atoms with Crippen molar-refractivity contribution in [2.75, 3.05) is 13.1 Å². The molecular formula is C9H18N4O2S. The minimum atomic E-state index is -3.29. The van der Waals surface area contributed by atoms with E-state index in [2.05, 4.69) is 14.7 Å². The monoisotopic (exact) mass is 246 g/mol. The van der Waals surface area contributed by atoms with Crippen LogP contribution >= 0.6 is 0 Å². The van der Waals surface area contributed by atoms with Crippen LogP contribution in [0.5, 0.6) is 0 Å². The average Bonchev–Trinajstić information content (AvgIpc) is 2.71. The van der Waals surface area contributed by atoms with Crippen molar-refractivity contribution in [3.05, 3.63) is 18.2 Å². The Hall–Kier alpha value is -0.920.